The summed E-state index contributed by atoms with van der Waals surface area (Å²) in [5, 5.41) is 5.23. The van der Waals surface area contributed by atoms with Gasteiger partial charge in [-0.1, -0.05) is 31.0 Å². The molecule has 1 amide bonds. The number of para-hydroxylation sites is 1. The van der Waals surface area contributed by atoms with Gasteiger partial charge in [-0.05, 0) is 44.7 Å². The molecule has 0 spiro atoms. The van der Waals surface area contributed by atoms with Gasteiger partial charge in [0.15, 0.2) is 6.04 Å². The highest BCUT2D eigenvalue weighted by Gasteiger charge is 2.22. The van der Waals surface area contributed by atoms with E-state index in [1.807, 2.05) is 37.3 Å². The van der Waals surface area contributed by atoms with E-state index in [4.69, 9.17) is 0 Å². The molecular formula is C16H25N2O+. The first kappa shape index (κ1) is 14.1. The second kappa shape index (κ2) is 7.29. The molecule has 1 aromatic rings. The standard InChI is InChI=1S/C16H24N2O/c1-13(17-14-9-5-2-3-6-10-14)16(19)18-15-11-7-4-8-12-15/h4,7-8,11-14,17H,2-3,5-6,9-10H2,1H3,(H,18,19)/p+1/t13-/m1/s1. The molecule has 1 aliphatic rings. The molecule has 1 aromatic carbocycles. The van der Waals surface area contributed by atoms with Crippen LogP contribution >= 0.6 is 0 Å². The van der Waals surface area contributed by atoms with Gasteiger partial charge in [0, 0.05) is 5.69 Å². The van der Waals surface area contributed by atoms with Crippen molar-refractivity contribution >= 4 is 11.6 Å². The summed E-state index contributed by atoms with van der Waals surface area (Å²) >= 11 is 0. The lowest BCUT2D eigenvalue weighted by atomic mass is 10.1. The number of amides is 1. The molecule has 0 unspecified atom stereocenters. The van der Waals surface area contributed by atoms with Crippen LogP contribution in [0.25, 0.3) is 0 Å². The van der Waals surface area contributed by atoms with Crippen molar-refractivity contribution in [2.24, 2.45) is 0 Å². The van der Waals surface area contributed by atoms with Gasteiger partial charge in [-0.15, -0.1) is 0 Å². The van der Waals surface area contributed by atoms with Gasteiger partial charge < -0.3 is 10.6 Å². The minimum absolute atomic E-state index is 0.0108. The summed E-state index contributed by atoms with van der Waals surface area (Å²) in [7, 11) is 0. The maximum Gasteiger partial charge on any atom is 0.282 e. The van der Waals surface area contributed by atoms with Gasteiger partial charge in [-0.3, -0.25) is 4.79 Å². The SMILES string of the molecule is C[C@@H]([NH2+]C1CCCCCC1)C(=O)Nc1ccccc1. The summed E-state index contributed by atoms with van der Waals surface area (Å²) in [5.41, 5.74) is 0.883. The molecular weight excluding hydrogens is 236 g/mol. The van der Waals surface area contributed by atoms with Crippen LogP contribution in [0.5, 0.6) is 0 Å². The van der Waals surface area contributed by atoms with E-state index in [0.29, 0.717) is 6.04 Å². The number of nitrogens with one attached hydrogen (secondary N) is 1. The number of rotatable bonds is 4. The van der Waals surface area contributed by atoms with Gasteiger partial charge in [0.2, 0.25) is 0 Å². The summed E-state index contributed by atoms with van der Waals surface area (Å²) in [6.07, 6.45) is 7.85. The van der Waals surface area contributed by atoms with Crippen molar-refractivity contribution in [1.82, 2.24) is 0 Å². The minimum Gasteiger partial charge on any atom is -0.334 e. The van der Waals surface area contributed by atoms with Crippen molar-refractivity contribution < 1.29 is 10.1 Å². The maximum atomic E-state index is 12.1. The second-order valence-electron chi connectivity index (χ2n) is 5.59. The van der Waals surface area contributed by atoms with E-state index >= 15 is 0 Å². The van der Waals surface area contributed by atoms with E-state index in [0.717, 1.165) is 5.69 Å². The fraction of sp³-hybridized carbons (Fsp3) is 0.562. The second-order valence-corrected chi connectivity index (χ2v) is 5.59. The fourth-order valence-electron chi connectivity index (χ4n) is 2.78. The molecule has 0 aromatic heterocycles. The van der Waals surface area contributed by atoms with Crippen molar-refractivity contribution in [1.29, 1.82) is 0 Å². The third kappa shape index (κ3) is 4.67. The molecule has 104 valence electrons. The first-order valence-corrected chi connectivity index (χ1v) is 7.46. The number of hydrogen-bond donors (Lipinski definition) is 2. The Kier molecular flexibility index (Phi) is 5.40. The van der Waals surface area contributed by atoms with E-state index in [1.54, 1.807) is 0 Å². The smallest absolute Gasteiger partial charge is 0.282 e. The fourth-order valence-corrected chi connectivity index (χ4v) is 2.78. The van der Waals surface area contributed by atoms with Gasteiger partial charge in [0.1, 0.15) is 0 Å². The Labute approximate surface area is 115 Å². The Morgan fingerprint density at radius 2 is 1.79 bits per heavy atom. The molecule has 3 nitrogen and oxygen atoms in total. The molecule has 0 bridgehead atoms. The van der Waals surface area contributed by atoms with Crippen molar-refractivity contribution in [3.05, 3.63) is 30.3 Å². The minimum atomic E-state index is -0.0108. The van der Waals surface area contributed by atoms with E-state index in [2.05, 4.69) is 10.6 Å². The Morgan fingerprint density at radius 1 is 1.16 bits per heavy atom. The number of carbonyl (C=O) groups excluding carboxylic acids is 1. The first-order valence-electron chi connectivity index (χ1n) is 7.46. The molecule has 0 aliphatic heterocycles. The van der Waals surface area contributed by atoms with E-state index < -0.39 is 0 Å². The number of quaternary nitrogens is 1. The van der Waals surface area contributed by atoms with Crippen LogP contribution in [0.3, 0.4) is 0 Å². The molecule has 3 heteroatoms. The first-order chi connectivity index (χ1) is 9.25. The Hall–Kier alpha value is -1.35. The van der Waals surface area contributed by atoms with Gasteiger partial charge in [-0.25, -0.2) is 0 Å². The molecule has 0 radical (unpaired) electrons. The van der Waals surface area contributed by atoms with Crippen LogP contribution in [0.4, 0.5) is 5.69 Å². The summed E-state index contributed by atoms with van der Waals surface area (Å²) in [6.45, 7) is 2.00. The predicted molar refractivity (Wildman–Crippen MR) is 77.9 cm³/mol. The van der Waals surface area contributed by atoms with Crippen molar-refractivity contribution in [3.63, 3.8) is 0 Å². The van der Waals surface area contributed by atoms with Gasteiger partial charge in [0.25, 0.3) is 5.91 Å². The Balaban J connectivity index is 1.81. The predicted octanol–water partition coefficient (Wildman–Crippen LogP) is 2.30. The molecule has 2 rings (SSSR count). The molecule has 1 fully saturated rings. The highest BCUT2D eigenvalue weighted by Crippen LogP contribution is 2.15. The molecule has 3 N–H and O–H groups in total. The van der Waals surface area contributed by atoms with E-state index in [1.165, 1.54) is 38.5 Å². The molecule has 1 atom stereocenters. The van der Waals surface area contributed by atoms with Gasteiger partial charge in [0.05, 0.1) is 6.04 Å². The summed E-state index contributed by atoms with van der Waals surface area (Å²) in [4.78, 5) is 12.1. The molecule has 19 heavy (non-hydrogen) atoms. The Morgan fingerprint density at radius 3 is 2.42 bits per heavy atom. The van der Waals surface area contributed by atoms with Crippen molar-refractivity contribution in [2.75, 3.05) is 5.32 Å². The number of benzene rings is 1. The van der Waals surface area contributed by atoms with Crippen LogP contribution < -0.4 is 10.6 Å². The zero-order chi connectivity index (χ0) is 13.5. The van der Waals surface area contributed by atoms with Gasteiger partial charge in [-0.2, -0.15) is 0 Å². The maximum absolute atomic E-state index is 12.1. The lowest BCUT2D eigenvalue weighted by Crippen LogP contribution is -2.96. The van der Waals surface area contributed by atoms with Crippen LogP contribution in [0.15, 0.2) is 30.3 Å². The largest absolute Gasteiger partial charge is 0.334 e. The lowest BCUT2D eigenvalue weighted by Gasteiger charge is -2.18. The van der Waals surface area contributed by atoms with Crippen molar-refractivity contribution in [2.45, 2.75) is 57.5 Å². The van der Waals surface area contributed by atoms with E-state index in [-0.39, 0.29) is 11.9 Å². The van der Waals surface area contributed by atoms with Crippen LogP contribution in [0.1, 0.15) is 45.4 Å². The zero-order valence-electron chi connectivity index (χ0n) is 11.8. The van der Waals surface area contributed by atoms with Gasteiger partial charge >= 0.3 is 0 Å². The Bertz CT molecular complexity index is 383. The van der Waals surface area contributed by atoms with E-state index in [9.17, 15) is 4.79 Å². The number of nitrogens with two attached hydrogens (primary N) is 1. The van der Waals surface area contributed by atoms with Crippen LogP contribution in [-0.2, 0) is 4.79 Å². The molecule has 0 saturated heterocycles. The summed E-state index contributed by atoms with van der Waals surface area (Å²) < 4.78 is 0. The number of anilines is 1. The normalized spacial score (nSPS) is 18.6. The quantitative estimate of drug-likeness (QED) is 0.803. The molecule has 0 heterocycles. The summed E-state index contributed by atoms with van der Waals surface area (Å²) in [6, 6.07) is 10.3. The lowest BCUT2D eigenvalue weighted by molar-refractivity contribution is -0.707. The van der Waals surface area contributed by atoms with Crippen LogP contribution in [0.2, 0.25) is 0 Å². The highest BCUT2D eigenvalue weighted by molar-refractivity contribution is 5.93. The van der Waals surface area contributed by atoms with Crippen molar-refractivity contribution in [3.8, 4) is 0 Å². The monoisotopic (exact) mass is 261 g/mol. The zero-order valence-corrected chi connectivity index (χ0v) is 11.8. The van der Waals surface area contributed by atoms with Crippen LogP contribution in [-0.4, -0.2) is 18.0 Å². The average Bonchev–Trinajstić information content (AvgIpc) is 2.68. The molecule has 1 saturated carbocycles. The third-order valence-electron chi connectivity index (χ3n) is 3.92. The number of hydrogen-bond acceptors (Lipinski definition) is 1. The summed E-state index contributed by atoms with van der Waals surface area (Å²) in [5.74, 6) is 0.107. The topological polar surface area (TPSA) is 45.7 Å². The number of carbonyl (C=O) groups is 1. The highest BCUT2D eigenvalue weighted by atomic mass is 16.2. The molecule has 1 aliphatic carbocycles. The third-order valence-corrected chi connectivity index (χ3v) is 3.92. The average molecular weight is 261 g/mol. The van der Waals surface area contributed by atoms with Crippen LogP contribution in [0, 0.1) is 0 Å².